The number of nitrogens with zero attached hydrogens (tertiary/aromatic N) is 4. The highest BCUT2D eigenvalue weighted by Crippen LogP contribution is 2.30. The van der Waals surface area contributed by atoms with Crippen LogP contribution in [-0.2, 0) is 22.7 Å². The van der Waals surface area contributed by atoms with E-state index in [2.05, 4.69) is 10.1 Å². The minimum Gasteiger partial charge on any atom is -0.382 e. The number of ether oxygens (including phenoxy) is 2. The van der Waals surface area contributed by atoms with Crippen molar-refractivity contribution in [2.75, 3.05) is 31.7 Å². The largest absolute Gasteiger partial charge is 0.453 e. The summed E-state index contributed by atoms with van der Waals surface area (Å²) in [5, 5.41) is 3.44. The Morgan fingerprint density at radius 2 is 2.10 bits per heavy atom. The van der Waals surface area contributed by atoms with Crippen molar-refractivity contribution in [1.82, 2.24) is 14.8 Å². The third-order valence-electron chi connectivity index (χ3n) is 3.11. The number of alkyl halides is 3. The normalized spacial score (nSPS) is 22.6. The van der Waals surface area contributed by atoms with Gasteiger partial charge in [-0.1, -0.05) is 0 Å². The average Bonchev–Trinajstić information content (AvgIpc) is 2.69. The monoisotopic (exact) mass is 308 g/mol. The topological polar surface area (TPSA) is 52.4 Å². The maximum atomic E-state index is 12.7. The number of morpholine rings is 1. The molecule has 0 saturated carbocycles. The van der Waals surface area contributed by atoms with Crippen molar-refractivity contribution in [1.29, 1.82) is 0 Å². The van der Waals surface area contributed by atoms with E-state index in [0.717, 1.165) is 4.68 Å². The molecule has 2 rings (SSSR count). The first-order valence-corrected chi connectivity index (χ1v) is 6.52. The van der Waals surface area contributed by atoms with Crippen LogP contribution in [0.4, 0.5) is 19.1 Å². The molecular weight excluding hydrogens is 289 g/mol. The minimum absolute atomic E-state index is 0.180. The predicted molar refractivity (Wildman–Crippen MR) is 69.0 cm³/mol. The summed E-state index contributed by atoms with van der Waals surface area (Å²) in [6.07, 6.45) is -4.78. The summed E-state index contributed by atoms with van der Waals surface area (Å²) in [6.45, 7) is 4.95. The van der Waals surface area contributed by atoms with Crippen LogP contribution in [0, 0.1) is 0 Å². The van der Waals surface area contributed by atoms with Crippen LogP contribution in [0.15, 0.2) is 0 Å². The molecule has 2 heterocycles. The molecule has 9 heteroatoms. The number of aromatic nitrogens is 3. The van der Waals surface area contributed by atoms with Gasteiger partial charge in [0.25, 0.3) is 5.82 Å². The lowest BCUT2D eigenvalue weighted by Crippen LogP contribution is -2.54. The van der Waals surface area contributed by atoms with E-state index in [-0.39, 0.29) is 12.1 Å². The lowest BCUT2D eigenvalue weighted by atomic mass is 10.1. The van der Waals surface area contributed by atoms with E-state index in [0.29, 0.717) is 19.7 Å². The molecule has 1 aliphatic rings. The Kier molecular flexibility index (Phi) is 4.16. The molecule has 6 nitrogen and oxygen atoms in total. The van der Waals surface area contributed by atoms with Gasteiger partial charge < -0.3 is 14.4 Å². The maximum absolute atomic E-state index is 12.7. The fraction of sp³-hybridized carbons (Fsp3) is 0.833. The van der Waals surface area contributed by atoms with Crippen molar-refractivity contribution in [2.24, 2.45) is 7.05 Å². The van der Waals surface area contributed by atoms with Gasteiger partial charge in [-0.25, -0.2) is 4.68 Å². The van der Waals surface area contributed by atoms with Gasteiger partial charge in [0.2, 0.25) is 5.95 Å². The molecule has 1 atom stereocenters. The number of rotatable bonds is 3. The Balaban J connectivity index is 2.26. The van der Waals surface area contributed by atoms with Crippen LogP contribution < -0.4 is 4.90 Å². The summed E-state index contributed by atoms with van der Waals surface area (Å²) in [4.78, 5) is 5.37. The molecule has 1 fully saturated rings. The fourth-order valence-electron chi connectivity index (χ4n) is 2.49. The second-order valence-corrected chi connectivity index (χ2v) is 5.69. The van der Waals surface area contributed by atoms with Gasteiger partial charge in [0.1, 0.15) is 0 Å². The van der Waals surface area contributed by atoms with Crippen molar-refractivity contribution < 1.29 is 22.6 Å². The Bertz CT molecular complexity index is 501. The maximum Gasteiger partial charge on any atom is 0.453 e. The Morgan fingerprint density at radius 3 is 2.62 bits per heavy atom. The molecule has 21 heavy (non-hydrogen) atoms. The van der Waals surface area contributed by atoms with Crippen molar-refractivity contribution in [3.05, 3.63) is 5.82 Å². The van der Waals surface area contributed by atoms with Crippen molar-refractivity contribution in [3.8, 4) is 0 Å². The van der Waals surface area contributed by atoms with E-state index >= 15 is 0 Å². The number of halogens is 3. The first-order valence-electron chi connectivity index (χ1n) is 6.52. The lowest BCUT2D eigenvalue weighted by molar-refractivity contribution is -0.144. The van der Waals surface area contributed by atoms with E-state index in [1.807, 2.05) is 13.8 Å². The molecule has 1 aromatic heterocycles. The number of anilines is 1. The summed E-state index contributed by atoms with van der Waals surface area (Å²) in [5.41, 5.74) is -0.508. The van der Waals surface area contributed by atoms with Gasteiger partial charge in [-0.2, -0.15) is 18.2 Å². The van der Waals surface area contributed by atoms with Crippen LogP contribution in [0.2, 0.25) is 0 Å². The van der Waals surface area contributed by atoms with Crippen LogP contribution in [0.25, 0.3) is 0 Å². The van der Waals surface area contributed by atoms with Gasteiger partial charge in [-0.3, -0.25) is 0 Å². The third kappa shape index (κ3) is 3.65. The van der Waals surface area contributed by atoms with Gasteiger partial charge >= 0.3 is 6.18 Å². The highest BCUT2D eigenvalue weighted by Gasteiger charge is 2.40. The standard InChI is InChI=1S/C12H19F3N4O2/c1-11(2)7-19(5-8(21-11)6-20-4)10-16-9(12(13,14)15)17-18(10)3/h8H,5-7H2,1-4H3/t8-/m1/s1. The van der Waals surface area contributed by atoms with E-state index in [1.165, 1.54) is 7.05 Å². The smallest absolute Gasteiger partial charge is 0.382 e. The second kappa shape index (κ2) is 5.45. The number of aryl methyl sites for hydroxylation is 1. The molecule has 0 bridgehead atoms. The summed E-state index contributed by atoms with van der Waals surface area (Å²) in [7, 11) is 3.00. The van der Waals surface area contributed by atoms with Gasteiger partial charge in [-0.05, 0) is 13.8 Å². The van der Waals surface area contributed by atoms with E-state index in [1.54, 1.807) is 12.0 Å². The highest BCUT2D eigenvalue weighted by molar-refractivity contribution is 5.33. The molecule has 0 amide bonds. The first kappa shape index (κ1) is 16.0. The zero-order valence-corrected chi connectivity index (χ0v) is 12.4. The third-order valence-corrected chi connectivity index (χ3v) is 3.11. The van der Waals surface area contributed by atoms with Gasteiger partial charge in [0, 0.05) is 27.2 Å². The van der Waals surface area contributed by atoms with Crippen molar-refractivity contribution in [3.63, 3.8) is 0 Å². The molecule has 1 aliphatic heterocycles. The second-order valence-electron chi connectivity index (χ2n) is 5.69. The molecule has 0 spiro atoms. The van der Waals surface area contributed by atoms with Crippen LogP contribution in [0.1, 0.15) is 19.7 Å². The SMILES string of the molecule is COC[C@H]1CN(c2nc(C(F)(F)F)nn2C)CC(C)(C)O1. The zero-order valence-electron chi connectivity index (χ0n) is 12.4. The summed E-state index contributed by atoms with van der Waals surface area (Å²) in [6, 6.07) is 0. The summed E-state index contributed by atoms with van der Waals surface area (Å²) in [5.74, 6) is -0.951. The molecule has 1 aromatic rings. The lowest BCUT2D eigenvalue weighted by Gasteiger charge is -2.42. The van der Waals surface area contributed by atoms with Crippen LogP contribution >= 0.6 is 0 Å². The van der Waals surface area contributed by atoms with Gasteiger partial charge in [0.15, 0.2) is 0 Å². The minimum atomic E-state index is -4.55. The molecule has 1 saturated heterocycles. The number of methoxy groups -OCH3 is 1. The quantitative estimate of drug-likeness (QED) is 0.846. The van der Waals surface area contributed by atoms with E-state index in [4.69, 9.17) is 9.47 Å². The molecule has 0 aliphatic carbocycles. The fourth-order valence-corrected chi connectivity index (χ4v) is 2.49. The first-order chi connectivity index (χ1) is 9.62. The average molecular weight is 308 g/mol. The van der Waals surface area contributed by atoms with Gasteiger partial charge in [-0.15, -0.1) is 5.10 Å². The predicted octanol–water partition coefficient (Wildman–Crippen LogP) is 1.46. The number of hydrogen-bond acceptors (Lipinski definition) is 5. The van der Waals surface area contributed by atoms with Crippen molar-refractivity contribution in [2.45, 2.75) is 31.7 Å². The molecule has 0 N–H and O–H groups in total. The van der Waals surface area contributed by atoms with E-state index in [9.17, 15) is 13.2 Å². The molecule has 0 radical (unpaired) electrons. The highest BCUT2D eigenvalue weighted by atomic mass is 19.4. The summed E-state index contributed by atoms with van der Waals surface area (Å²) < 4.78 is 50.1. The Hall–Kier alpha value is -1.35. The Labute approximate surface area is 120 Å². The van der Waals surface area contributed by atoms with E-state index < -0.39 is 17.6 Å². The van der Waals surface area contributed by atoms with Crippen LogP contribution in [-0.4, -0.2) is 53.3 Å². The molecule has 0 unspecified atom stereocenters. The molecular formula is C12H19F3N4O2. The van der Waals surface area contributed by atoms with Gasteiger partial charge in [0.05, 0.1) is 18.3 Å². The van der Waals surface area contributed by atoms with Crippen LogP contribution in [0.5, 0.6) is 0 Å². The van der Waals surface area contributed by atoms with Crippen molar-refractivity contribution >= 4 is 5.95 Å². The van der Waals surface area contributed by atoms with Crippen LogP contribution in [0.3, 0.4) is 0 Å². The Morgan fingerprint density at radius 1 is 1.43 bits per heavy atom. The molecule has 0 aromatic carbocycles. The zero-order chi connectivity index (χ0) is 15.8. The summed E-state index contributed by atoms with van der Waals surface area (Å²) >= 11 is 0. The molecule has 120 valence electrons. The number of hydrogen-bond donors (Lipinski definition) is 0.